The minimum atomic E-state index is 0.454. The fourth-order valence-corrected chi connectivity index (χ4v) is 3.44. The molecular weight excluding hydrogens is 300 g/mol. The van der Waals surface area contributed by atoms with Crippen molar-refractivity contribution in [3.63, 3.8) is 0 Å². The molecular formula is C18H22N6. The lowest BCUT2D eigenvalue weighted by molar-refractivity contribution is 0.297. The zero-order valence-corrected chi connectivity index (χ0v) is 14.1. The van der Waals surface area contributed by atoms with E-state index in [-0.39, 0.29) is 0 Å². The molecule has 1 saturated carbocycles. The lowest BCUT2D eigenvalue weighted by atomic mass is 10.1. The first-order chi connectivity index (χ1) is 11.7. The van der Waals surface area contributed by atoms with Gasteiger partial charge in [-0.1, -0.05) is 30.3 Å². The van der Waals surface area contributed by atoms with Crippen LogP contribution in [0.3, 0.4) is 0 Å². The molecule has 1 fully saturated rings. The molecule has 0 bridgehead atoms. The van der Waals surface area contributed by atoms with E-state index in [0.29, 0.717) is 17.9 Å². The Kier molecular flexibility index (Phi) is 3.90. The normalized spacial score (nSPS) is 20.8. The van der Waals surface area contributed by atoms with Crippen molar-refractivity contribution in [2.24, 2.45) is 0 Å². The van der Waals surface area contributed by atoms with E-state index in [1.807, 2.05) is 18.2 Å². The molecule has 24 heavy (non-hydrogen) atoms. The third kappa shape index (κ3) is 2.85. The second-order valence-electron chi connectivity index (χ2n) is 6.64. The molecule has 2 atom stereocenters. The van der Waals surface area contributed by atoms with Crippen LogP contribution in [0.5, 0.6) is 0 Å². The van der Waals surface area contributed by atoms with Crippen LogP contribution in [0.2, 0.25) is 0 Å². The largest absolute Gasteiger partial charge is 0.367 e. The van der Waals surface area contributed by atoms with Gasteiger partial charge in [0.2, 0.25) is 0 Å². The summed E-state index contributed by atoms with van der Waals surface area (Å²) in [6.45, 7) is 0. The molecule has 2 heterocycles. The number of anilines is 1. The van der Waals surface area contributed by atoms with Gasteiger partial charge in [0.25, 0.3) is 5.78 Å². The topological polar surface area (TPSA) is 58.3 Å². The number of nitrogens with one attached hydrogen (secondary N) is 1. The van der Waals surface area contributed by atoms with Crippen LogP contribution >= 0.6 is 0 Å². The zero-order valence-electron chi connectivity index (χ0n) is 14.1. The molecule has 0 radical (unpaired) electrons. The van der Waals surface area contributed by atoms with Gasteiger partial charge in [-0.2, -0.15) is 14.6 Å². The summed E-state index contributed by atoms with van der Waals surface area (Å²) in [7, 11) is 4.31. The summed E-state index contributed by atoms with van der Waals surface area (Å²) in [4.78, 5) is 11.2. The highest BCUT2D eigenvalue weighted by Crippen LogP contribution is 2.27. The molecule has 0 saturated heterocycles. The van der Waals surface area contributed by atoms with E-state index in [4.69, 9.17) is 0 Å². The predicted octanol–water partition coefficient (Wildman–Crippen LogP) is 2.69. The molecule has 1 aromatic carbocycles. The van der Waals surface area contributed by atoms with E-state index >= 15 is 0 Å². The number of fused-ring (bicyclic) bond motifs is 1. The van der Waals surface area contributed by atoms with E-state index in [9.17, 15) is 0 Å². The highest BCUT2D eigenvalue weighted by atomic mass is 15.4. The average Bonchev–Trinajstić information content (AvgIpc) is 3.24. The van der Waals surface area contributed by atoms with Gasteiger partial charge in [0.1, 0.15) is 12.1 Å². The van der Waals surface area contributed by atoms with Gasteiger partial charge in [-0.05, 0) is 33.4 Å². The van der Waals surface area contributed by atoms with Crippen LogP contribution in [0, 0.1) is 0 Å². The Hall–Kier alpha value is -2.47. The number of rotatable bonds is 4. The van der Waals surface area contributed by atoms with Gasteiger partial charge in [0.05, 0.1) is 5.69 Å². The summed E-state index contributed by atoms with van der Waals surface area (Å²) in [5.41, 5.74) is 2.00. The number of benzene rings is 1. The Labute approximate surface area is 141 Å². The highest BCUT2D eigenvalue weighted by Gasteiger charge is 2.26. The SMILES string of the molecule is CN(C)[C@@H]1CC[C@H](Nc2cc(-c3ccccc3)nc3ncnn23)C1. The first kappa shape index (κ1) is 15.1. The zero-order chi connectivity index (χ0) is 16.5. The first-order valence-electron chi connectivity index (χ1n) is 8.40. The second-order valence-corrected chi connectivity index (χ2v) is 6.64. The van der Waals surface area contributed by atoms with Crippen LogP contribution in [0.25, 0.3) is 17.0 Å². The average molecular weight is 322 g/mol. The Balaban J connectivity index is 1.66. The number of aromatic nitrogens is 4. The fourth-order valence-electron chi connectivity index (χ4n) is 3.44. The molecule has 0 aliphatic heterocycles. The van der Waals surface area contributed by atoms with Crippen molar-refractivity contribution in [1.82, 2.24) is 24.5 Å². The van der Waals surface area contributed by atoms with Crippen molar-refractivity contribution in [2.45, 2.75) is 31.3 Å². The summed E-state index contributed by atoms with van der Waals surface area (Å²) in [6, 6.07) is 13.4. The summed E-state index contributed by atoms with van der Waals surface area (Å²) >= 11 is 0. The quantitative estimate of drug-likeness (QED) is 0.800. The van der Waals surface area contributed by atoms with Crippen LogP contribution in [-0.4, -0.2) is 50.7 Å². The third-order valence-corrected chi connectivity index (χ3v) is 4.81. The van der Waals surface area contributed by atoms with Gasteiger partial charge in [-0.25, -0.2) is 4.98 Å². The summed E-state index contributed by atoms with van der Waals surface area (Å²) in [6.07, 6.45) is 5.09. The lowest BCUT2D eigenvalue weighted by Crippen LogP contribution is -2.27. The van der Waals surface area contributed by atoms with Crippen molar-refractivity contribution >= 4 is 11.6 Å². The standard InChI is InChI=1S/C18H22N6/c1-23(2)15-9-8-14(10-15)21-17-11-16(13-6-4-3-5-7-13)22-18-19-12-20-24(17)18/h3-7,11-12,14-15,21H,8-10H2,1-2H3/t14-,15+/m0/s1. The minimum absolute atomic E-state index is 0.454. The molecule has 2 aromatic heterocycles. The van der Waals surface area contributed by atoms with E-state index in [1.54, 1.807) is 10.8 Å². The van der Waals surface area contributed by atoms with Gasteiger partial charge >= 0.3 is 0 Å². The molecule has 3 aromatic rings. The molecule has 1 N–H and O–H groups in total. The molecule has 0 amide bonds. The Morgan fingerprint density at radius 1 is 1.17 bits per heavy atom. The van der Waals surface area contributed by atoms with Gasteiger partial charge in [-0.3, -0.25) is 0 Å². The molecule has 4 rings (SSSR count). The van der Waals surface area contributed by atoms with Crippen LogP contribution in [0.15, 0.2) is 42.7 Å². The lowest BCUT2D eigenvalue weighted by Gasteiger charge is -2.20. The van der Waals surface area contributed by atoms with Crippen LogP contribution in [0.4, 0.5) is 5.82 Å². The highest BCUT2D eigenvalue weighted by molar-refractivity contribution is 5.65. The summed E-state index contributed by atoms with van der Waals surface area (Å²) < 4.78 is 1.79. The van der Waals surface area contributed by atoms with Crippen molar-refractivity contribution in [2.75, 3.05) is 19.4 Å². The molecule has 0 unspecified atom stereocenters. The Bertz CT molecular complexity index is 826. The predicted molar refractivity (Wildman–Crippen MR) is 95.0 cm³/mol. The minimum Gasteiger partial charge on any atom is -0.367 e. The maximum atomic E-state index is 4.62. The van der Waals surface area contributed by atoms with E-state index < -0.39 is 0 Å². The second kappa shape index (κ2) is 6.20. The molecule has 1 aliphatic carbocycles. The monoisotopic (exact) mass is 322 g/mol. The van der Waals surface area contributed by atoms with E-state index in [1.165, 1.54) is 12.8 Å². The van der Waals surface area contributed by atoms with Crippen LogP contribution < -0.4 is 5.32 Å². The molecule has 6 nitrogen and oxygen atoms in total. The van der Waals surface area contributed by atoms with E-state index in [2.05, 4.69) is 57.6 Å². The molecule has 6 heteroatoms. The number of hydrogen-bond acceptors (Lipinski definition) is 5. The Morgan fingerprint density at radius 3 is 2.75 bits per heavy atom. The van der Waals surface area contributed by atoms with Crippen molar-refractivity contribution < 1.29 is 0 Å². The Morgan fingerprint density at radius 2 is 2.00 bits per heavy atom. The molecule has 1 aliphatic rings. The van der Waals surface area contributed by atoms with Crippen LogP contribution in [0.1, 0.15) is 19.3 Å². The number of nitrogens with zero attached hydrogens (tertiary/aromatic N) is 5. The summed E-state index contributed by atoms with van der Waals surface area (Å²) in [5.74, 6) is 1.58. The van der Waals surface area contributed by atoms with Gasteiger partial charge in [0.15, 0.2) is 0 Å². The third-order valence-electron chi connectivity index (χ3n) is 4.81. The molecule has 124 valence electrons. The molecule has 0 spiro atoms. The van der Waals surface area contributed by atoms with Crippen LogP contribution in [-0.2, 0) is 0 Å². The van der Waals surface area contributed by atoms with Gasteiger partial charge < -0.3 is 10.2 Å². The van der Waals surface area contributed by atoms with Crippen molar-refractivity contribution in [3.05, 3.63) is 42.7 Å². The van der Waals surface area contributed by atoms with Crippen molar-refractivity contribution in [3.8, 4) is 11.3 Å². The number of hydrogen-bond donors (Lipinski definition) is 1. The fraction of sp³-hybridized carbons (Fsp3) is 0.389. The van der Waals surface area contributed by atoms with Crippen molar-refractivity contribution in [1.29, 1.82) is 0 Å². The van der Waals surface area contributed by atoms with Gasteiger partial charge in [-0.15, -0.1) is 0 Å². The maximum absolute atomic E-state index is 4.62. The maximum Gasteiger partial charge on any atom is 0.254 e. The van der Waals surface area contributed by atoms with E-state index in [0.717, 1.165) is 23.5 Å². The smallest absolute Gasteiger partial charge is 0.254 e. The van der Waals surface area contributed by atoms with Gasteiger partial charge in [0, 0.05) is 23.7 Å². The summed E-state index contributed by atoms with van der Waals surface area (Å²) in [5, 5.41) is 7.98. The first-order valence-corrected chi connectivity index (χ1v) is 8.40.